The first-order valence-corrected chi connectivity index (χ1v) is 16.4. The van der Waals surface area contributed by atoms with E-state index in [0.29, 0.717) is 18.3 Å². The van der Waals surface area contributed by atoms with Gasteiger partial charge in [0, 0.05) is 0 Å². The van der Waals surface area contributed by atoms with Crippen LogP contribution in [0.3, 0.4) is 0 Å². The second-order valence-corrected chi connectivity index (χ2v) is 12.7. The molecule has 2 saturated carbocycles. The van der Waals surface area contributed by atoms with Gasteiger partial charge in [0.2, 0.25) is 0 Å². The van der Waals surface area contributed by atoms with Crippen molar-refractivity contribution >= 4 is 0 Å². The maximum atomic E-state index is 14.9. The third-order valence-corrected chi connectivity index (χ3v) is 9.79. The Labute approximate surface area is 247 Å². The van der Waals surface area contributed by atoms with Crippen LogP contribution in [0.4, 0.5) is 13.2 Å². The van der Waals surface area contributed by atoms with E-state index in [2.05, 4.69) is 31.2 Å². The second-order valence-electron chi connectivity index (χ2n) is 12.7. The van der Waals surface area contributed by atoms with E-state index < -0.39 is 17.5 Å². The molecule has 0 amide bonds. The molecule has 2 fully saturated rings. The summed E-state index contributed by atoms with van der Waals surface area (Å²) in [4.78, 5) is 0. The normalized spacial score (nSPS) is 23.7. The van der Waals surface area contributed by atoms with E-state index in [1.54, 1.807) is 6.07 Å². The molecule has 2 aromatic rings. The molecule has 2 aliphatic carbocycles. The SMILES string of the molecule is CC=CCCC1CCC(c2ccc(C(F)(F)OCCc3ccc(C4CCC(CCCCC)CC4)cc3)c(F)c2)CC1. The van der Waals surface area contributed by atoms with Gasteiger partial charge in [0.15, 0.2) is 0 Å². The van der Waals surface area contributed by atoms with Gasteiger partial charge < -0.3 is 4.74 Å². The van der Waals surface area contributed by atoms with E-state index in [4.69, 9.17) is 4.74 Å². The van der Waals surface area contributed by atoms with Gasteiger partial charge in [-0.3, -0.25) is 0 Å². The van der Waals surface area contributed by atoms with Crippen molar-refractivity contribution in [3.63, 3.8) is 0 Å². The van der Waals surface area contributed by atoms with Crippen molar-refractivity contribution in [1.82, 2.24) is 0 Å². The van der Waals surface area contributed by atoms with E-state index in [1.165, 1.54) is 75.5 Å². The van der Waals surface area contributed by atoms with Gasteiger partial charge in [0.25, 0.3) is 0 Å². The average molecular weight is 569 g/mol. The molecule has 2 aromatic carbocycles. The molecule has 0 N–H and O–H groups in total. The Balaban J connectivity index is 1.22. The van der Waals surface area contributed by atoms with Gasteiger partial charge in [0.1, 0.15) is 5.82 Å². The maximum Gasteiger partial charge on any atom is 0.386 e. The quantitative estimate of drug-likeness (QED) is 0.163. The molecule has 0 bridgehead atoms. The van der Waals surface area contributed by atoms with E-state index in [9.17, 15) is 13.2 Å². The van der Waals surface area contributed by atoms with Crippen molar-refractivity contribution in [2.45, 2.75) is 128 Å². The summed E-state index contributed by atoms with van der Waals surface area (Å²) in [5, 5.41) is 0. The Hall–Kier alpha value is -2.07. The molecule has 0 unspecified atom stereocenters. The first kappa shape index (κ1) is 31.9. The highest BCUT2D eigenvalue weighted by molar-refractivity contribution is 5.29. The molecule has 2 aliphatic rings. The monoisotopic (exact) mass is 568 g/mol. The Kier molecular flexibility index (Phi) is 12.4. The van der Waals surface area contributed by atoms with E-state index in [0.717, 1.165) is 49.1 Å². The first-order chi connectivity index (χ1) is 19.9. The first-order valence-electron chi connectivity index (χ1n) is 16.4. The van der Waals surface area contributed by atoms with E-state index in [-0.39, 0.29) is 12.5 Å². The fourth-order valence-corrected chi connectivity index (χ4v) is 7.10. The average Bonchev–Trinajstić information content (AvgIpc) is 2.98. The summed E-state index contributed by atoms with van der Waals surface area (Å²) in [5.41, 5.74) is 2.49. The van der Waals surface area contributed by atoms with Crippen LogP contribution in [0.25, 0.3) is 0 Å². The third-order valence-electron chi connectivity index (χ3n) is 9.79. The number of rotatable bonds is 14. The molecule has 0 atom stereocenters. The lowest BCUT2D eigenvalue weighted by Crippen LogP contribution is -2.22. The van der Waals surface area contributed by atoms with Gasteiger partial charge in [-0.05, 0) is 130 Å². The van der Waals surface area contributed by atoms with Gasteiger partial charge in [-0.15, -0.1) is 0 Å². The summed E-state index contributed by atoms with van der Waals surface area (Å²) in [6.07, 6.45) is 18.0. The molecule has 4 rings (SSSR count). The van der Waals surface area contributed by atoms with Crippen LogP contribution >= 0.6 is 0 Å². The van der Waals surface area contributed by atoms with Gasteiger partial charge in [-0.1, -0.05) is 75.1 Å². The molecule has 0 aromatic heterocycles. The van der Waals surface area contributed by atoms with Crippen molar-refractivity contribution < 1.29 is 17.9 Å². The molecule has 0 spiro atoms. The fraction of sp³-hybridized carbons (Fsp3) is 0.622. The zero-order valence-electron chi connectivity index (χ0n) is 25.4. The van der Waals surface area contributed by atoms with Crippen LogP contribution in [-0.2, 0) is 17.3 Å². The molecular weight excluding hydrogens is 517 g/mol. The molecule has 0 heterocycles. The predicted octanol–water partition coefficient (Wildman–Crippen LogP) is 11.6. The molecule has 226 valence electrons. The number of unbranched alkanes of at least 4 members (excludes halogenated alkanes) is 2. The number of allylic oxidation sites excluding steroid dienone is 2. The van der Waals surface area contributed by atoms with Gasteiger partial charge in [-0.2, -0.15) is 8.78 Å². The predicted molar refractivity (Wildman–Crippen MR) is 164 cm³/mol. The van der Waals surface area contributed by atoms with Crippen LogP contribution in [-0.4, -0.2) is 6.61 Å². The van der Waals surface area contributed by atoms with Crippen molar-refractivity contribution in [3.8, 4) is 0 Å². The Bertz CT molecular complexity index is 1060. The highest BCUT2D eigenvalue weighted by atomic mass is 19.3. The van der Waals surface area contributed by atoms with E-state index in [1.807, 2.05) is 19.1 Å². The topological polar surface area (TPSA) is 9.23 Å². The summed E-state index contributed by atoms with van der Waals surface area (Å²) < 4.78 is 49.6. The molecule has 41 heavy (non-hydrogen) atoms. The molecular formula is C37H51F3O. The van der Waals surface area contributed by atoms with Crippen molar-refractivity contribution in [2.75, 3.05) is 6.61 Å². The van der Waals surface area contributed by atoms with Gasteiger partial charge >= 0.3 is 6.11 Å². The number of benzene rings is 2. The smallest absolute Gasteiger partial charge is 0.316 e. The zero-order chi connectivity index (χ0) is 29.1. The highest BCUT2D eigenvalue weighted by Gasteiger charge is 2.36. The lowest BCUT2D eigenvalue weighted by atomic mass is 9.77. The standard InChI is InChI=1S/C37H51F3O/c1-3-5-7-9-28-11-17-31(18-12-28)32-19-15-30(16-20-32)25-26-41-37(39,40)35-24-23-34(27-36(35)38)33-21-13-29(14-22-33)10-8-6-4-2/h4,6,15-16,19-20,23-24,27-29,31,33H,3,5,7-14,17-18,21-22,25-26H2,1-2H3. The Morgan fingerprint density at radius 3 is 2.02 bits per heavy atom. The number of hydrogen-bond acceptors (Lipinski definition) is 1. The molecule has 4 heteroatoms. The van der Waals surface area contributed by atoms with E-state index >= 15 is 0 Å². The minimum Gasteiger partial charge on any atom is -0.316 e. The molecule has 0 radical (unpaired) electrons. The summed E-state index contributed by atoms with van der Waals surface area (Å²) in [6.45, 7) is 4.14. The maximum absolute atomic E-state index is 14.9. The van der Waals surface area contributed by atoms with Crippen molar-refractivity contribution in [2.24, 2.45) is 11.8 Å². The lowest BCUT2D eigenvalue weighted by molar-refractivity contribution is -0.249. The molecule has 0 saturated heterocycles. The van der Waals surface area contributed by atoms with Crippen molar-refractivity contribution in [3.05, 3.63) is 82.7 Å². The minimum absolute atomic E-state index is 0.159. The van der Waals surface area contributed by atoms with Gasteiger partial charge in [0.05, 0.1) is 12.2 Å². The Morgan fingerprint density at radius 2 is 1.41 bits per heavy atom. The van der Waals surface area contributed by atoms with Crippen LogP contribution in [0.5, 0.6) is 0 Å². The largest absolute Gasteiger partial charge is 0.386 e. The van der Waals surface area contributed by atoms with Crippen molar-refractivity contribution in [1.29, 1.82) is 0 Å². The Morgan fingerprint density at radius 1 is 0.805 bits per heavy atom. The summed E-state index contributed by atoms with van der Waals surface area (Å²) in [5.74, 6) is 1.58. The van der Waals surface area contributed by atoms with Crippen LogP contribution < -0.4 is 0 Å². The summed E-state index contributed by atoms with van der Waals surface area (Å²) in [6, 6.07) is 12.6. The summed E-state index contributed by atoms with van der Waals surface area (Å²) in [7, 11) is 0. The molecule has 0 aliphatic heterocycles. The highest BCUT2D eigenvalue weighted by Crippen LogP contribution is 2.40. The number of halogens is 3. The third kappa shape index (κ3) is 9.46. The number of hydrogen-bond donors (Lipinski definition) is 0. The van der Waals surface area contributed by atoms with Crippen LogP contribution in [0.2, 0.25) is 0 Å². The molecule has 1 nitrogen and oxygen atoms in total. The number of alkyl halides is 2. The summed E-state index contributed by atoms with van der Waals surface area (Å²) >= 11 is 0. The second kappa shape index (κ2) is 16.0. The van der Waals surface area contributed by atoms with Crippen LogP contribution in [0, 0.1) is 17.7 Å². The fourth-order valence-electron chi connectivity index (χ4n) is 7.10. The zero-order valence-corrected chi connectivity index (χ0v) is 25.4. The van der Waals surface area contributed by atoms with Crippen LogP contribution in [0.15, 0.2) is 54.6 Å². The number of ether oxygens (including phenoxy) is 1. The van der Waals surface area contributed by atoms with Crippen LogP contribution in [0.1, 0.15) is 138 Å². The minimum atomic E-state index is -3.65. The van der Waals surface area contributed by atoms with Gasteiger partial charge in [-0.25, -0.2) is 4.39 Å². The lowest BCUT2D eigenvalue weighted by Gasteiger charge is -2.29.